The van der Waals surface area contributed by atoms with Gasteiger partial charge in [0.25, 0.3) is 0 Å². The van der Waals surface area contributed by atoms with Crippen molar-refractivity contribution in [1.29, 1.82) is 0 Å². The lowest BCUT2D eigenvalue weighted by atomic mass is 9.84. The number of hydrogen-bond donors (Lipinski definition) is 1. The highest BCUT2D eigenvalue weighted by atomic mass is 16.2. The van der Waals surface area contributed by atoms with E-state index in [0.717, 1.165) is 31.8 Å². The Labute approximate surface area is 111 Å². The minimum atomic E-state index is 0.208. The summed E-state index contributed by atoms with van der Waals surface area (Å²) < 4.78 is 0. The minimum Gasteiger partial charge on any atom is -0.339 e. The quantitative estimate of drug-likeness (QED) is 0.721. The molecular formula is C15H28N2O. The van der Waals surface area contributed by atoms with Crippen molar-refractivity contribution in [3.63, 3.8) is 0 Å². The van der Waals surface area contributed by atoms with Gasteiger partial charge in [0, 0.05) is 19.0 Å². The van der Waals surface area contributed by atoms with Crippen molar-refractivity contribution in [2.24, 2.45) is 17.1 Å². The molecular weight excluding hydrogens is 224 g/mol. The van der Waals surface area contributed by atoms with Gasteiger partial charge in [-0.25, -0.2) is 0 Å². The van der Waals surface area contributed by atoms with Gasteiger partial charge in [-0.05, 0) is 56.4 Å². The van der Waals surface area contributed by atoms with Crippen molar-refractivity contribution in [2.75, 3.05) is 13.1 Å². The zero-order chi connectivity index (χ0) is 13.2. The van der Waals surface area contributed by atoms with Crippen molar-refractivity contribution in [3.05, 3.63) is 0 Å². The predicted molar refractivity (Wildman–Crippen MR) is 74.1 cm³/mol. The maximum Gasteiger partial charge on any atom is 0.222 e. The molecule has 0 radical (unpaired) electrons. The van der Waals surface area contributed by atoms with E-state index in [2.05, 4.69) is 18.7 Å². The standard InChI is InChI=1S/C15H28N2O/c1-15(2,9-10-16)8-7-14(18)17(13-5-6-13)11-12-3-4-12/h12-13H,3-11,16H2,1-2H3. The van der Waals surface area contributed by atoms with Crippen molar-refractivity contribution in [2.45, 2.75) is 64.8 Å². The van der Waals surface area contributed by atoms with E-state index in [9.17, 15) is 4.79 Å². The SMILES string of the molecule is CC(C)(CCN)CCC(=O)N(CC1CC1)C1CC1. The number of nitrogens with two attached hydrogens (primary N) is 1. The third-order valence-electron chi connectivity index (χ3n) is 4.30. The average molecular weight is 252 g/mol. The Bertz CT molecular complexity index is 293. The van der Waals surface area contributed by atoms with Gasteiger partial charge >= 0.3 is 0 Å². The second-order valence-corrected chi connectivity index (χ2v) is 6.92. The molecule has 0 bridgehead atoms. The Balaban J connectivity index is 1.77. The second-order valence-electron chi connectivity index (χ2n) is 6.92. The molecule has 2 saturated carbocycles. The summed E-state index contributed by atoms with van der Waals surface area (Å²) in [5, 5.41) is 0. The third kappa shape index (κ3) is 4.27. The second kappa shape index (κ2) is 5.60. The molecule has 0 saturated heterocycles. The van der Waals surface area contributed by atoms with Gasteiger partial charge in [0.15, 0.2) is 0 Å². The molecule has 18 heavy (non-hydrogen) atoms. The highest BCUT2D eigenvalue weighted by molar-refractivity contribution is 5.77. The highest BCUT2D eigenvalue weighted by Gasteiger charge is 2.36. The van der Waals surface area contributed by atoms with Crippen molar-refractivity contribution >= 4 is 5.91 Å². The minimum absolute atomic E-state index is 0.208. The van der Waals surface area contributed by atoms with E-state index >= 15 is 0 Å². The number of rotatable bonds is 8. The van der Waals surface area contributed by atoms with Crippen LogP contribution in [0.3, 0.4) is 0 Å². The van der Waals surface area contributed by atoms with Gasteiger partial charge < -0.3 is 10.6 Å². The number of amides is 1. The first-order chi connectivity index (χ1) is 8.52. The molecule has 0 aromatic heterocycles. The van der Waals surface area contributed by atoms with E-state index in [-0.39, 0.29) is 5.41 Å². The normalized spacial score (nSPS) is 19.9. The fraction of sp³-hybridized carbons (Fsp3) is 0.933. The molecule has 104 valence electrons. The van der Waals surface area contributed by atoms with Gasteiger partial charge in [0.2, 0.25) is 5.91 Å². The lowest BCUT2D eigenvalue weighted by Gasteiger charge is -2.27. The largest absolute Gasteiger partial charge is 0.339 e. The van der Waals surface area contributed by atoms with E-state index < -0.39 is 0 Å². The summed E-state index contributed by atoms with van der Waals surface area (Å²) in [5.74, 6) is 1.20. The smallest absolute Gasteiger partial charge is 0.222 e. The third-order valence-corrected chi connectivity index (χ3v) is 4.30. The van der Waals surface area contributed by atoms with Gasteiger partial charge in [-0.1, -0.05) is 13.8 Å². The van der Waals surface area contributed by atoms with Crippen molar-refractivity contribution in [1.82, 2.24) is 4.90 Å². The lowest BCUT2D eigenvalue weighted by Crippen LogP contribution is -2.35. The van der Waals surface area contributed by atoms with Crippen LogP contribution >= 0.6 is 0 Å². The van der Waals surface area contributed by atoms with Crippen LogP contribution in [-0.4, -0.2) is 29.9 Å². The Morgan fingerprint density at radius 2 is 1.89 bits per heavy atom. The van der Waals surface area contributed by atoms with Crippen LogP contribution in [0.2, 0.25) is 0 Å². The van der Waals surface area contributed by atoms with Crippen molar-refractivity contribution < 1.29 is 4.79 Å². The molecule has 2 rings (SSSR count). The first-order valence-corrected chi connectivity index (χ1v) is 7.51. The summed E-state index contributed by atoms with van der Waals surface area (Å²) in [4.78, 5) is 14.5. The van der Waals surface area contributed by atoms with Gasteiger partial charge in [0.1, 0.15) is 0 Å². The van der Waals surface area contributed by atoms with Crippen LogP contribution in [0.15, 0.2) is 0 Å². The summed E-state index contributed by atoms with van der Waals surface area (Å²) in [6.07, 6.45) is 7.79. The Morgan fingerprint density at radius 3 is 2.39 bits per heavy atom. The topological polar surface area (TPSA) is 46.3 Å². The first-order valence-electron chi connectivity index (χ1n) is 7.51. The predicted octanol–water partition coefficient (Wildman–Crippen LogP) is 2.54. The van der Waals surface area contributed by atoms with E-state index in [1.54, 1.807) is 0 Å². The molecule has 2 aliphatic rings. The molecule has 1 amide bonds. The van der Waals surface area contributed by atoms with Gasteiger partial charge in [-0.2, -0.15) is 0 Å². The fourth-order valence-electron chi connectivity index (χ4n) is 2.52. The van der Waals surface area contributed by atoms with Gasteiger partial charge in [0.05, 0.1) is 0 Å². The highest BCUT2D eigenvalue weighted by Crippen LogP contribution is 2.36. The summed E-state index contributed by atoms with van der Waals surface area (Å²) in [6.45, 7) is 6.18. The average Bonchev–Trinajstić information content (AvgIpc) is 3.14. The van der Waals surface area contributed by atoms with Crippen LogP contribution in [0.5, 0.6) is 0 Å². The molecule has 3 nitrogen and oxygen atoms in total. The molecule has 0 unspecified atom stereocenters. The molecule has 0 aromatic carbocycles. The van der Waals surface area contributed by atoms with Crippen LogP contribution in [0.25, 0.3) is 0 Å². The molecule has 0 aromatic rings. The number of hydrogen-bond acceptors (Lipinski definition) is 2. The van der Waals surface area contributed by atoms with E-state index in [1.807, 2.05) is 0 Å². The molecule has 0 aliphatic heterocycles. The summed E-state index contributed by atoms with van der Waals surface area (Å²) >= 11 is 0. The first kappa shape index (κ1) is 13.9. The molecule has 0 spiro atoms. The van der Waals surface area contributed by atoms with E-state index in [0.29, 0.717) is 18.4 Å². The lowest BCUT2D eigenvalue weighted by molar-refractivity contribution is -0.132. The maximum absolute atomic E-state index is 12.3. The van der Waals surface area contributed by atoms with Crippen LogP contribution in [0, 0.1) is 11.3 Å². The molecule has 2 fully saturated rings. The van der Waals surface area contributed by atoms with Crippen LogP contribution in [0.1, 0.15) is 58.8 Å². The zero-order valence-corrected chi connectivity index (χ0v) is 12.0. The Kier molecular flexibility index (Phi) is 4.31. The zero-order valence-electron chi connectivity index (χ0n) is 12.0. The van der Waals surface area contributed by atoms with E-state index in [1.165, 1.54) is 25.7 Å². The van der Waals surface area contributed by atoms with Crippen LogP contribution < -0.4 is 5.73 Å². The Morgan fingerprint density at radius 1 is 1.22 bits per heavy atom. The monoisotopic (exact) mass is 252 g/mol. The van der Waals surface area contributed by atoms with Crippen molar-refractivity contribution in [3.8, 4) is 0 Å². The van der Waals surface area contributed by atoms with E-state index in [4.69, 9.17) is 5.73 Å². The summed E-state index contributed by atoms with van der Waals surface area (Å²) in [7, 11) is 0. The number of carbonyl (C=O) groups is 1. The number of carbonyl (C=O) groups excluding carboxylic acids is 1. The fourth-order valence-corrected chi connectivity index (χ4v) is 2.52. The molecule has 3 heteroatoms. The van der Waals surface area contributed by atoms with Crippen LogP contribution in [0.4, 0.5) is 0 Å². The van der Waals surface area contributed by atoms with Gasteiger partial charge in [-0.3, -0.25) is 4.79 Å². The molecule has 2 N–H and O–H groups in total. The maximum atomic E-state index is 12.3. The molecule has 2 aliphatic carbocycles. The molecule has 0 heterocycles. The Hall–Kier alpha value is -0.570. The molecule has 0 atom stereocenters. The summed E-state index contributed by atoms with van der Waals surface area (Å²) in [6, 6.07) is 0.579. The summed E-state index contributed by atoms with van der Waals surface area (Å²) in [5.41, 5.74) is 5.83. The van der Waals surface area contributed by atoms with Gasteiger partial charge in [-0.15, -0.1) is 0 Å². The number of nitrogens with zero attached hydrogens (tertiary/aromatic N) is 1. The van der Waals surface area contributed by atoms with Crippen LogP contribution in [-0.2, 0) is 4.79 Å².